The molecule has 40 heavy (non-hydrogen) atoms. The lowest BCUT2D eigenvalue weighted by Crippen LogP contribution is -2.37. The molecule has 0 radical (unpaired) electrons. The van der Waals surface area contributed by atoms with E-state index in [9.17, 15) is 14.0 Å². The number of ketones is 1. The number of benzene rings is 2. The number of nitrogens with zero attached hydrogens (tertiary/aromatic N) is 4. The highest BCUT2D eigenvalue weighted by Crippen LogP contribution is 2.24. The Balaban J connectivity index is 1.12. The molecule has 0 atom stereocenters. The molecule has 0 spiro atoms. The summed E-state index contributed by atoms with van der Waals surface area (Å²) >= 11 is 0. The first kappa shape index (κ1) is 27.8. The van der Waals surface area contributed by atoms with Gasteiger partial charge in [-0.05, 0) is 81.2 Å². The molecule has 1 saturated heterocycles. The molecule has 8 heteroatoms. The number of oxime groups is 1. The van der Waals surface area contributed by atoms with Crippen LogP contribution in [0.4, 0.5) is 4.39 Å². The van der Waals surface area contributed by atoms with Gasteiger partial charge in [-0.1, -0.05) is 35.5 Å². The molecule has 3 aromatic rings. The van der Waals surface area contributed by atoms with Crippen LogP contribution in [0, 0.1) is 11.7 Å². The van der Waals surface area contributed by atoms with Crippen molar-refractivity contribution in [3.8, 4) is 0 Å². The van der Waals surface area contributed by atoms with E-state index in [2.05, 4.69) is 14.6 Å². The third kappa shape index (κ3) is 6.67. The van der Waals surface area contributed by atoms with Crippen LogP contribution >= 0.6 is 0 Å². The van der Waals surface area contributed by atoms with Crippen molar-refractivity contribution in [2.45, 2.75) is 45.3 Å². The summed E-state index contributed by atoms with van der Waals surface area (Å²) in [4.78, 5) is 35.8. The molecule has 2 aromatic carbocycles. The van der Waals surface area contributed by atoms with Gasteiger partial charge in [0, 0.05) is 49.8 Å². The maximum Gasteiger partial charge on any atom is 0.270 e. The number of piperidine rings is 1. The zero-order valence-electron chi connectivity index (χ0n) is 23.1. The van der Waals surface area contributed by atoms with Gasteiger partial charge in [0.05, 0.1) is 5.71 Å². The van der Waals surface area contributed by atoms with E-state index in [-0.39, 0.29) is 23.4 Å². The van der Waals surface area contributed by atoms with Gasteiger partial charge in [0.15, 0.2) is 5.78 Å². The van der Waals surface area contributed by atoms with Crippen molar-refractivity contribution >= 4 is 17.4 Å². The minimum absolute atomic E-state index is 0.00702. The Kier molecular flexibility index (Phi) is 9.06. The Morgan fingerprint density at radius 3 is 2.45 bits per heavy atom. The standard InChI is InChI=1S/C32H37FN4O3/c1-35-19-16-29(34-40-23-24-7-3-2-4-8-24)28-15-22-37(30(28)32(35)39)18-6-5-17-36-20-13-26(14-21-36)31(38)25-9-11-27(33)12-10-25/h2-4,7-12,15,22,26H,5-6,13-14,16-21,23H2,1H3. The summed E-state index contributed by atoms with van der Waals surface area (Å²) in [7, 11) is 1.83. The summed E-state index contributed by atoms with van der Waals surface area (Å²) < 4.78 is 15.2. The lowest BCUT2D eigenvalue weighted by atomic mass is 9.89. The summed E-state index contributed by atoms with van der Waals surface area (Å²) in [6, 6.07) is 17.8. The maximum absolute atomic E-state index is 13.2. The number of carbonyl (C=O) groups is 2. The monoisotopic (exact) mass is 544 g/mol. The van der Waals surface area contributed by atoms with Crippen LogP contribution in [0.2, 0.25) is 0 Å². The Morgan fingerprint density at radius 1 is 0.975 bits per heavy atom. The van der Waals surface area contributed by atoms with Gasteiger partial charge in [-0.15, -0.1) is 0 Å². The number of halogens is 1. The molecule has 3 heterocycles. The summed E-state index contributed by atoms with van der Waals surface area (Å²) in [6.07, 6.45) is 6.25. The van der Waals surface area contributed by atoms with Crippen molar-refractivity contribution < 1.29 is 18.8 Å². The predicted octanol–water partition coefficient (Wildman–Crippen LogP) is 5.40. The van der Waals surface area contributed by atoms with E-state index in [0.29, 0.717) is 30.8 Å². The molecule has 0 unspecified atom stereocenters. The molecule has 0 N–H and O–H groups in total. The minimum Gasteiger partial charge on any atom is -0.391 e. The number of likely N-dealkylation sites (tertiary alicyclic amines) is 1. The van der Waals surface area contributed by atoms with Crippen molar-refractivity contribution in [1.82, 2.24) is 14.4 Å². The number of amides is 1. The van der Waals surface area contributed by atoms with E-state index in [1.165, 1.54) is 12.1 Å². The lowest BCUT2D eigenvalue weighted by molar-refractivity contribution is 0.0788. The number of carbonyl (C=O) groups excluding carboxylic acids is 2. The van der Waals surface area contributed by atoms with E-state index < -0.39 is 0 Å². The maximum atomic E-state index is 13.2. The van der Waals surface area contributed by atoms with Crippen molar-refractivity contribution in [2.24, 2.45) is 11.1 Å². The van der Waals surface area contributed by atoms with Gasteiger partial charge < -0.3 is 19.2 Å². The van der Waals surface area contributed by atoms with Crippen molar-refractivity contribution in [3.63, 3.8) is 0 Å². The molecule has 2 aliphatic heterocycles. The lowest BCUT2D eigenvalue weighted by Gasteiger charge is -2.31. The third-order valence-electron chi connectivity index (χ3n) is 7.97. The van der Waals surface area contributed by atoms with E-state index in [4.69, 9.17) is 4.84 Å². The SMILES string of the molecule is CN1CCC(=NOCc2ccccc2)c2ccn(CCCCN3CCC(C(=O)c4ccc(F)cc4)CC3)c2C1=O. The normalized spacial score (nSPS) is 17.6. The van der Waals surface area contributed by atoms with Crippen LogP contribution in [0.3, 0.4) is 0 Å². The third-order valence-corrected chi connectivity index (χ3v) is 7.97. The molecule has 1 aromatic heterocycles. The fraction of sp³-hybridized carbons (Fsp3) is 0.406. The fourth-order valence-corrected chi connectivity index (χ4v) is 5.56. The topological polar surface area (TPSA) is 67.1 Å². The average molecular weight is 545 g/mol. The first-order valence-electron chi connectivity index (χ1n) is 14.2. The fourth-order valence-electron chi connectivity index (χ4n) is 5.56. The second-order valence-electron chi connectivity index (χ2n) is 10.7. The van der Waals surface area contributed by atoms with Gasteiger partial charge in [-0.2, -0.15) is 0 Å². The number of Topliss-reactive ketones (excluding diaryl/α,β-unsaturated/α-hetero) is 1. The van der Waals surface area contributed by atoms with Crippen LogP contribution < -0.4 is 0 Å². The van der Waals surface area contributed by atoms with Crippen molar-refractivity contribution in [1.29, 1.82) is 0 Å². The molecule has 210 valence electrons. The van der Waals surface area contributed by atoms with Crippen LogP contribution in [0.5, 0.6) is 0 Å². The number of rotatable bonds is 10. The van der Waals surface area contributed by atoms with Crippen LogP contribution in [0.15, 0.2) is 72.0 Å². The van der Waals surface area contributed by atoms with Crippen LogP contribution in [-0.4, -0.2) is 65.0 Å². The zero-order valence-corrected chi connectivity index (χ0v) is 23.1. The molecule has 2 aliphatic rings. The molecular weight excluding hydrogens is 507 g/mol. The predicted molar refractivity (Wildman–Crippen MR) is 153 cm³/mol. The Labute approximate surface area is 235 Å². The van der Waals surface area contributed by atoms with E-state index in [1.54, 1.807) is 17.0 Å². The van der Waals surface area contributed by atoms with Gasteiger partial charge in [0.25, 0.3) is 5.91 Å². The largest absolute Gasteiger partial charge is 0.391 e. The van der Waals surface area contributed by atoms with Gasteiger partial charge in [0.1, 0.15) is 18.1 Å². The number of aromatic nitrogens is 1. The molecule has 1 fully saturated rings. The summed E-state index contributed by atoms with van der Waals surface area (Å²) in [6.45, 7) is 4.50. The zero-order chi connectivity index (χ0) is 27.9. The summed E-state index contributed by atoms with van der Waals surface area (Å²) in [5.74, 6) is -0.176. The molecule has 0 saturated carbocycles. The number of unbranched alkanes of at least 4 members (excludes halogenated alkanes) is 1. The average Bonchev–Trinajstić information content (AvgIpc) is 3.36. The summed E-state index contributed by atoms with van der Waals surface area (Å²) in [5, 5.41) is 4.44. The van der Waals surface area contributed by atoms with Crippen molar-refractivity contribution in [2.75, 3.05) is 33.2 Å². The summed E-state index contributed by atoms with van der Waals surface area (Å²) in [5.41, 5.74) is 4.00. The van der Waals surface area contributed by atoms with E-state index in [1.807, 2.05) is 49.6 Å². The number of fused-ring (bicyclic) bond motifs is 1. The molecule has 0 aliphatic carbocycles. The quantitative estimate of drug-likeness (QED) is 0.195. The molecular formula is C32H37FN4O3. The van der Waals surface area contributed by atoms with Gasteiger partial charge >= 0.3 is 0 Å². The first-order chi connectivity index (χ1) is 19.5. The second-order valence-corrected chi connectivity index (χ2v) is 10.7. The van der Waals surface area contributed by atoms with Crippen molar-refractivity contribution in [3.05, 3.63) is 95.1 Å². The molecule has 0 bridgehead atoms. The molecule has 7 nitrogen and oxygen atoms in total. The smallest absolute Gasteiger partial charge is 0.270 e. The van der Waals surface area contributed by atoms with Gasteiger partial charge in [-0.3, -0.25) is 9.59 Å². The van der Waals surface area contributed by atoms with Crippen LogP contribution in [-0.2, 0) is 18.0 Å². The Hall–Kier alpha value is -3.78. The van der Waals surface area contributed by atoms with Crippen LogP contribution in [0.1, 0.15) is 64.1 Å². The highest BCUT2D eigenvalue weighted by Gasteiger charge is 2.28. The number of aryl methyl sites for hydroxylation is 1. The highest BCUT2D eigenvalue weighted by atomic mass is 19.1. The Morgan fingerprint density at radius 2 is 1.70 bits per heavy atom. The number of hydrogen-bond donors (Lipinski definition) is 0. The highest BCUT2D eigenvalue weighted by molar-refractivity contribution is 6.11. The van der Waals surface area contributed by atoms with Gasteiger partial charge in [0.2, 0.25) is 0 Å². The number of hydrogen-bond acceptors (Lipinski definition) is 5. The van der Waals surface area contributed by atoms with Crippen LogP contribution in [0.25, 0.3) is 0 Å². The first-order valence-corrected chi connectivity index (χ1v) is 14.2. The second kappa shape index (κ2) is 13.0. The van der Waals surface area contributed by atoms with Gasteiger partial charge in [-0.25, -0.2) is 4.39 Å². The molecule has 5 rings (SSSR count). The minimum atomic E-state index is -0.319. The Bertz CT molecular complexity index is 1330. The van der Waals surface area contributed by atoms with E-state index in [0.717, 1.165) is 68.7 Å². The van der Waals surface area contributed by atoms with E-state index >= 15 is 0 Å². The molecule has 1 amide bonds.